The first kappa shape index (κ1) is 19.0. The van der Waals surface area contributed by atoms with Crippen LogP contribution in [0.3, 0.4) is 0 Å². The van der Waals surface area contributed by atoms with Crippen LogP contribution in [-0.2, 0) is 4.79 Å². The number of rotatable bonds is 6. The maximum atomic E-state index is 13.0. The smallest absolute Gasteiger partial charge is 0.279 e. The van der Waals surface area contributed by atoms with Gasteiger partial charge in [-0.1, -0.05) is 55.2 Å². The van der Waals surface area contributed by atoms with E-state index in [0.717, 1.165) is 5.56 Å². The molecule has 1 atom stereocenters. The van der Waals surface area contributed by atoms with Gasteiger partial charge in [0, 0.05) is 18.7 Å². The maximum absolute atomic E-state index is 13.0. The molecule has 1 amide bonds. The van der Waals surface area contributed by atoms with Gasteiger partial charge < -0.3 is 10.4 Å². The number of nitro groups is 1. The van der Waals surface area contributed by atoms with E-state index in [2.05, 4.69) is 10.3 Å². The van der Waals surface area contributed by atoms with Crippen LogP contribution in [0.15, 0.2) is 60.8 Å². The number of amides is 1. The molecule has 0 aliphatic carbocycles. The van der Waals surface area contributed by atoms with E-state index >= 15 is 0 Å². The lowest BCUT2D eigenvalue weighted by atomic mass is 9.99. The first-order valence-corrected chi connectivity index (χ1v) is 8.77. The Hall–Kier alpha value is -3.74. The average Bonchev–Trinajstić information content (AvgIpc) is 2.72. The van der Waals surface area contributed by atoms with Crippen molar-refractivity contribution in [2.75, 3.05) is 0 Å². The first-order chi connectivity index (χ1) is 13.5. The maximum Gasteiger partial charge on any atom is 0.279 e. The van der Waals surface area contributed by atoms with E-state index in [0.29, 0.717) is 0 Å². The fraction of sp³-hybridized carbons (Fsp3) is 0.143. The van der Waals surface area contributed by atoms with E-state index in [1.165, 1.54) is 18.3 Å². The molecule has 142 valence electrons. The Bertz CT molecular complexity index is 1050. The molecule has 0 aliphatic heterocycles. The normalized spacial score (nSPS) is 12.2. The van der Waals surface area contributed by atoms with Crippen molar-refractivity contribution in [1.82, 2.24) is 10.3 Å². The number of nitrogens with zero attached hydrogens (tertiary/aromatic N) is 2. The van der Waals surface area contributed by atoms with Crippen molar-refractivity contribution in [2.45, 2.75) is 19.4 Å². The molecule has 0 aliphatic rings. The highest BCUT2D eigenvalue weighted by molar-refractivity contribution is 5.93. The van der Waals surface area contributed by atoms with Crippen LogP contribution >= 0.6 is 0 Å². The van der Waals surface area contributed by atoms with Gasteiger partial charge in [-0.3, -0.25) is 19.9 Å². The number of nitro benzene ring substituents is 1. The molecule has 0 fully saturated rings. The number of hydrogen-bond acceptors (Lipinski definition) is 5. The lowest BCUT2D eigenvalue weighted by molar-refractivity contribution is -0.383. The molecule has 0 bridgehead atoms. The Kier molecular flexibility index (Phi) is 5.64. The van der Waals surface area contributed by atoms with Crippen LogP contribution in [0.5, 0.6) is 5.75 Å². The number of carbonyl (C=O) groups is 1. The van der Waals surface area contributed by atoms with Crippen LogP contribution in [0.4, 0.5) is 5.69 Å². The summed E-state index contributed by atoms with van der Waals surface area (Å²) in [6.07, 6.45) is 5.04. The first-order valence-electron chi connectivity index (χ1n) is 8.77. The quantitative estimate of drug-likeness (QED) is 0.523. The van der Waals surface area contributed by atoms with Crippen molar-refractivity contribution >= 4 is 28.6 Å². The molecular weight excluding hydrogens is 358 g/mol. The fourth-order valence-corrected chi connectivity index (χ4v) is 2.88. The second-order valence-corrected chi connectivity index (χ2v) is 6.14. The van der Waals surface area contributed by atoms with Crippen molar-refractivity contribution in [3.8, 4) is 5.75 Å². The SMILES string of the molecule is CCC(=O)N[C@@H](/C=C/c1ccccc1)c1cc([N+](=O)[O-])c2cccnc2c1[O-]. The Labute approximate surface area is 161 Å². The van der Waals surface area contributed by atoms with Crippen LogP contribution in [0, 0.1) is 10.1 Å². The second kappa shape index (κ2) is 8.30. The zero-order valence-electron chi connectivity index (χ0n) is 15.2. The van der Waals surface area contributed by atoms with Crippen molar-refractivity contribution in [1.29, 1.82) is 0 Å². The van der Waals surface area contributed by atoms with Crippen LogP contribution in [0.2, 0.25) is 0 Å². The summed E-state index contributed by atoms with van der Waals surface area (Å²) in [5.74, 6) is -0.716. The van der Waals surface area contributed by atoms with Crippen molar-refractivity contribution in [3.63, 3.8) is 0 Å². The predicted molar refractivity (Wildman–Crippen MR) is 104 cm³/mol. The van der Waals surface area contributed by atoms with E-state index < -0.39 is 16.7 Å². The molecule has 0 spiro atoms. The van der Waals surface area contributed by atoms with Gasteiger partial charge in [0.05, 0.1) is 21.9 Å². The number of benzene rings is 2. The summed E-state index contributed by atoms with van der Waals surface area (Å²) < 4.78 is 0. The van der Waals surface area contributed by atoms with Gasteiger partial charge in [-0.25, -0.2) is 0 Å². The fourth-order valence-electron chi connectivity index (χ4n) is 2.88. The third-order valence-corrected chi connectivity index (χ3v) is 4.30. The molecule has 1 N–H and O–H groups in total. The summed E-state index contributed by atoms with van der Waals surface area (Å²) >= 11 is 0. The van der Waals surface area contributed by atoms with Gasteiger partial charge in [-0.05, 0) is 23.3 Å². The van der Waals surface area contributed by atoms with Gasteiger partial charge in [0.1, 0.15) is 0 Å². The van der Waals surface area contributed by atoms with E-state index in [9.17, 15) is 20.0 Å². The van der Waals surface area contributed by atoms with Gasteiger partial charge >= 0.3 is 0 Å². The summed E-state index contributed by atoms with van der Waals surface area (Å²) in [6.45, 7) is 1.69. The molecule has 3 rings (SSSR count). The van der Waals surface area contributed by atoms with Crippen LogP contribution in [0.25, 0.3) is 17.0 Å². The molecule has 28 heavy (non-hydrogen) atoms. The van der Waals surface area contributed by atoms with Crippen LogP contribution in [0.1, 0.15) is 30.5 Å². The Balaban J connectivity index is 2.14. The average molecular weight is 376 g/mol. The molecule has 0 radical (unpaired) electrons. The predicted octanol–water partition coefficient (Wildman–Crippen LogP) is 3.50. The highest BCUT2D eigenvalue weighted by Gasteiger charge is 2.20. The zero-order chi connectivity index (χ0) is 20.1. The van der Waals surface area contributed by atoms with Gasteiger partial charge in [-0.2, -0.15) is 0 Å². The van der Waals surface area contributed by atoms with Crippen LogP contribution in [-0.4, -0.2) is 15.8 Å². The minimum atomic E-state index is -0.815. The van der Waals surface area contributed by atoms with Crippen molar-refractivity contribution in [2.24, 2.45) is 0 Å². The summed E-state index contributed by atoms with van der Waals surface area (Å²) in [6, 6.07) is 12.8. The molecule has 7 nitrogen and oxygen atoms in total. The molecule has 3 aromatic rings. The van der Waals surface area contributed by atoms with Gasteiger partial charge in [0.2, 0.25) is 5.91 Å². The molecular formula is C21H18N3O4-. The number of carbonyl (C=O) groups excluding carboxylic acids is 1. The van der Waals surface area contributed by atoms with E-state index in [1.54, 1.807) is 25.1 Å². The molecule has 0 saturated carbocycles. The lowest BCUT2D eigenvalue weighted by Crippen LogP contribution is -2.27. The monoisotopic (exact) mass is 376 g/mol. The van der Waals surface area contributed by atoms with E-state index in [4.69, 9.17) is 0 Å². The van der Waals surface area contributed by atoms with Gasteiger partial charge in [0.15, 0.2) is 0 Å². The highest BCUT2D eigenvalue weighted by Crippen LogP contribution is 2.36. The molecule has 0 saturated heterocycles. The Morgan fingerprint density at radius 1 is 1.25 bits per heavy atom. The molecule has 2 aromatic carbocycles. The molecule has 1 heterocycles. The number of aromatic nitrogens is 1. The summed E-state index contributed by atoms with van der Waals surface area (Å²) in [5, 5.41) is 27.4. The van der Waals surface area contributed by atoms with Crippen molar-refractivity contribution < 1.29 is 14.8 Å². The highest BCUT2D eigenvalue weighted by atomic mass is 16.6. The number of hydrogen-bond donors (Lipinski definition) is 1. The number of nitrogens with one attached hydrogen (secondary N) is 1. The molecule has 0 unspecified atom stereocenters. The Morgan fingerprint density at radius 3 is 2.68 bits per heavy atom. The van der Waals surface area contributed by atoms with Gasteiger partial charge in [-0.15, -0.1) is 0 Å². The zero-order valence-corrected chi connectivity index (χ0v) is 15.2. The standard InChI is InChI=1S/C21H19N3O4/c1-2-19(25)23-17(11-10-14-7-4-3-5-8-14)16-13-18(24(27)28)15-9-6-12-22-20(15)21(16)26/h3-13,17,26H,2H2,1H3,(H,23,25)/p-1/b11-10+/t17-/m0/s1. The number of pyridine rings is 1. The third kappa shape index (κ3) is 3.98. The third-order valence-electron chi connectivity index (χ3n) is 4.30. The number of fused-ring (bicyclic) bond motifs is 1. The summed E-state index contributed by atoms with van der Waals surface area (Å²) in [7, 11) is 0. The second-order valence-electron chi connectivity index (χ2n) is 6.14. The van der Waals surface area contributed by atoms with E-state index in [1.807, 2.05) is 30.3 Å². The Morgan fingerprint density at radius 2 is 2.00 bits per heavy atom. The van der Waals surface area contributed by atoms with Crippen molar-refractivity contribution in [3.05, 3.63) is 82.0 Å². The minimum Gasteiger partial charge on any atom is -0.871 e. The van der Waals surface area contributed by atoms with E-state index in [-0.39, 0.29) is 34.5 Å². The van der Waals surface area contributed by atoms with Crippen LogP contribution < -0.4 is 10.4 Å². The lowest BCUT2D eigenvalue weighted by Gasteiger charge is -2.23. The van der Waals surface area contributed by atoms with Gasteiger partial charge in [0.25, 0.3) is 5.69 Å². The molecule has 1 aromatic heterocycles. The minimum absolute atomic E-state index is 0.00978. The summed E-state index contributed by atoms with van der Waals surface area (Å²) in [5.41, 5.74) is 0.767. The topological polar surface area (TPSA) is 108 Å². The summed E-state index contributed by atoms with van der Waals surface area (Å²) in [4.78, 5) is 27.0. The number of non-ortho nitro benzene ring substituents is 1. The largest absolute Gasteiger partial charge is 0.871 e. The molecule has 7 heteroatoms.